The normalized spacial score (nSPS) is 10.8. The molecule has 26 heavy (non-hydrogen) atoms. The maximum atomic E-state index is 11.9. The number of benzene rings is 2. The molecule has 2 amide bonds. The number of carbonyl (C=O) groups is 2. The van der Waals surface area contributed by atoms with Gasteiger partial charge in [0, 0.05) is 5.56 Å². The van der Waals surface area contributed by atoms with Crippen LogP contribution in [0.15, 0.2) is 47.6 Å². The van der Waals surface area contributed by atoms with Gasteiger partial charge in [0.15, 0.2) is 16.6 Å². The number of anilines is 1. The fraction of sp³-hybridized carbons (Fsp3) is 0.0588. The number of rotatable bonds is 4. The van der Waals surface area contributed by atoms with Crippen molar-refractivity contribution in [1.82, 2.24) is 10.4 Å². The summed E-state index contributed by atoms with van der Waals surface area (Å²) in [6.07, 6.45) is 1.27. The van der Waals surface area contributed by atoms with E-state index in [1.807, 2.05) is 24.3 Å². The second kappa shape index (κ2) is 7.62. The third-order valence-corrected chi connectivity index (χ3v) is 4.27. The summed E-state index contributed by atoms with van der Waals surface area (Å²) in [6, 6.07) is 12.1. The quantitative estimate of drug-likeness (QED) is 0.370. The number of amides is 2. The van der Waals surface area contributed by atoms with E-state index in [4.69, 9.17) is 4.74 Å². The first kappa shape index (κ1) is 17.4. The lowest BCUT2D eigenvalue weighted by molar-refractivity contribution is -0.136. The lowest BCUT2D eigenvalue weighted by Gasteiger charge is -2.06. The summed E-state index contributed by atoms with van der Waals surface area (Å²) in [7, 11) is 1.40. The van der Waals surface area contributed by atoms with Gasteiger partial charge in [0.25, 0.3) is 0 Å². The van der Waals surface area contributed by atoms with Gasteiger partial charge < -0.3 is 9.84 Å². The average molecular weight is 370 g/mol. The second-order valence-electron chi connectivity index (χ2n) is 5.04. The van der Waals surface area contributed by atoms with Crippen molar-refractivity contribution < 1.29 is 19.4 Å². The molecule has 0 unspecified atom stereocenters. The Morgan fingerprint density at radius 2 is 2.00 bits per heavy atom. The number of nitrogens with zero attached hydrogens (tertiary/aromatic N) is 2. The monoisotopic (exact) mass is 370 g/mol. The van der Waals surface area contributed by atoms with Gasteiger partial charge in [0.1, 0.15) is 0 Å². The van der Waals surface area contributed by atoms with Gasteiger partial charge >= 0.3 is 11.8 Å². The van der Waals surface area contributed by atoms with Gasteiger partial charge in [0.05, 0.1) is 23.5 Å². The first-order chi connectivity index (χ1) is 12.6. The van der Waals surface area contributed by atoms with Crippen molar-refractivity contribution in [1.29, 1.82) is 0 Å². The molecule has 0 aliphatic rings. The molecule has 9 heteroatoms. The number of para-hydroxylation sites is 2. The smallest absolute Gasteiger partial charge is 0.329 e. The van der Waals surface area contributed by atoms with Gasteiger partial charge in [-0.1, -0.05) is 29.5 Å². The number of hydrogen-bond acceptors (Lipinski definition) is 7. The van der Waals surface area contributed by atoms with Crippen LogP contribution in [0.3, 0.4) is 0 Å². The highest BCUT2D eigenvalue weighted by Crippen LogP contribution is 2.28. The van der Waals surface area contributed by atoms with Crippen molar-refractivity contribution in [2.24, 2.45) is 5.10 Å². The Morgan fingerprint density at radius 3 is 2.77 bits per heavy atom. The molecule has 0 radical (unpaired) electrons. The molecule has 1 heterocycles. The number of hydrogen-bond donors (Lipinski definition) is 3. The van der Waals surface area contributed by atoms with Crippen molar-refractivity contribution in [3.05, 3.63) is 48.0 Å². The van der Waals surface area contributed by atoms with Crippen LogP contribution in [0.25, 0.3) is 10.2 Å². The molecule has 0 bridgehead atoms. The summed E-state index contributed by atoms with van der Waals surface area (Å²) in [5.74, 6) is -1.68. The van der Waals surface area contributed by atoms with E-state index in [2.05, 4.69) is 20.8 Å². The van der Waals surface area contributed by atoms with Crippen molar-refractivity contribution in [2.45, 2.75) is 0 Å². The summed E-state index contributed by atoms with van der Waals surface area (Å²) >= 11 is 1.26. The van der Waals surface area contributed by atoms with Gasteiger partial charge in [-0.2, -0.15) is 5.10 Å². The number of fused-ring (bicyclic) bond motifs is 1. The Balaban J connectivity index is 1.62. The third-order valence-electron chi connectivity index (χ3n) is 3.32. The Bertz CT molecular complexity index is 966. The molecular formula is C17H14N4O4S. The zero-order chi connectivity index (χ0) is 18.5. The van der Waals surface area contributed by atoms with Crippen molar-refractivity contribution in [2.75, 3.05) is 12.4 Å². The predicted molar refractivity (Wildman–Crippen MR) is 98.6 cm³/mol. The van der Waals surface area contributed by atoms with Gasteiger partial charge in [-0.3, -0.25) is 14.9 Å². The zero-order valence-electron chi connectivity index (χ0n) is 13.6. The molecule has 0 saturated carbocycles. The summed E-state index contributed by atoms with van der Waals surface area (Å²) in [5.41, 5.74) is 3.30. The molecule has 3 N–H and O–H groups in total. The minimum atomic E-state index is -0.945. The van der Waals surface area contributed by atoms with Crippen LogP contribution in [0.2, 0.25) is 0 Å². The molecule has 1 aromatic heterocycles. The molecule has 2 aromatic carbocycles. The second-order valence-corrected chi connectivity index (χ2v) is 6.07. The number of nitrogens with one attached hydrogen (secondary N) is 2. The number of phenols is 1. The van der Waals surface area contributed by atoms with E-state index in [1.165, 1.54) is 30.7 Å². The molecule has 8 nitrogen and oxygen atoms in total. The Labute approximate surface area is 152 Å². The van der Waals surface area contributed by atoms with Crippen LogP contribution in [-0.4, -0.2) is 35.2 Å². The number of hydrazone groups is 1. The fourth-order valence-corrected chi connectivity index (χ4v) is 3.02. The van der Waals surface area contributed by atoms with Gasteiger partial charge in [0.2, 0.25) is 0 Å². The Morgan fingerprint density at radius 1 is 1.19 bits per heavy atom. The molecule has 0 atom stereocenters. The average Bonchev–Trinajstić information content (AvgIpc) is 3.04. The molecule has 3 rings (SSSR count). The van der Waals surface area contributed by atoms with E-state index < -0.39 is 11.8 Å². The van der Waals surface area contributed by atoms with Crippen LogP contribution < -0.4 is 15.5 Å². The molecule has 0 fully saturated rings. The van der Waals surface area contributed by atoms with Crippen LogP contribution in [0, 0.1) is 0 Å². The number of aromatic hydroxyl groups is 1. The highest BCUT2D eigenvalue weighted by Gasteiger charge is 2.15. The molecule has 0 saturated heterocycles. The highest BCUT2D eigenvalue weighted by atomic mass is 32.1. The van der Waals surface area contributed by atoms with Gasteiger partial charge in [-0.05, 0) is 24.3 Å². The van der Waals surface area contributed by atoms with Crippen molar-refractivity contribution >= 4 is 44.7 Å². The predicted octanol–water partition coefficient (Wildman–Crippen LogP) is 2.10. The van der Waals surface area contributed by atoms with Crippen LogP contribution in [0.5, 0.6) is 11.5 Å². The number of ether oxygens (including phenoxy) is 1. The van der Waals surface area contributed by atoms with E-state index in [-0.39, 0.29) is 11.5 Å². The summed E-state index contributed by atoms with van der Waals surface area (Å²) < 4.78 is 5.95. The first-order valence-electron chi connectivity index (χ1n) is 7.44. The van der Waals surface area contributed by atoms with Crippen molar-refractivity contribution in [3.63, 3.8) is 0 Å². The Hall–Kier alpha value is -3.46. The molecule has 0 aliphatic heterocycles. The molecule has 132 valence electrons. The minimum Gasteiger partial charge on any atom is -0.504 e. The van der Waals surface area contributed by atoms with Crippen LogP contribution >= 0.6 is 11.3 Å². The number of thiazole rings is 1. The maximum Gasteiger partial charge on any atom is 0.329 e. The van der Waals surface area contributed by atoms with Crippen LogP contribution in [0.4, 0.5) is 5.13 Å². The number of carbonyl (C=O) groups excluding carboxylic acids is 2. The number of aromatic nitrogens is 1. The first-order valence-corrected chi connectivity index (χ1v) is 8.26. The standard InChI is InChI=1S/C17H14N4O4S/c1-25-14-10(5-4-7-12(14)22)9-18-21-16(24)15(23)20-17-19-11-6-2-3-8-13(11)26-17/h2-9,22H,1H3,(H,21,24)(H,19,20,23)/b18-9+. The van der Waals surface area contributed by atoms with Crippen LogP contribution in [-0.2, 0) is 9.59 Å². The van der Waals surface area contributed by atoms with E-state index in [0.29, 0.717) is 10.7 Å². The van der Waals surface area contributed by atoms with E-state index in [1.54, 1.807) is 12.1 Å². The summed E-state index contributed by atoms with van der Waals surface area (Å²) in [5, 5.41) is 16.1. The topological polar surface area (TPSA) is 113 Å². The van der Waals surface area contributed by atoms with Gasteiger partial charge in [-0.25, -0.2) is 10.4 Å². The summed E-state index contributed by atoms with van der Waals surface area (Å²) in [4.78, 5) is 28.0. The van der Waals surface area contributed by atoms with Crippen molar-refractivity contribution in [3.8, 4) is 11.5 Å². The minimum absolute atomic E-state index is 0.0589. The largest absolute Gasteiger partial charge is 0.504 e. The van der Waals surface area contributed by atoms with E-state index in [0.717, 1.165) is 10.2 Å². The number of methoxy groups -OCH3 is 1. The van der Waals surface area contributed by atoms with Gasteiger partial charge in [-0.15, -0.1) is 0 Å². The van der Waals surface area contributed by atoms with E-state index >= 15 is 0 Å². The van der Waals surface area contributed by atoms with E-state index in [9.17, 15) is 14.7 Å². The maximum absolute atomic E-state index is 11.9. The zero-order valence-corrected chi connectivity index (χ0v) is 14.4. The lowest BCUT2D eigenvalue weighted by atomic mass is 10.2. The van der Waals surface area contributed by atoms with Crippen LogP contribution in [0.1, 0.15) is 5.56 Å². The SMILES string of the molecule is COc1c(O)cccc1/C=N/NC(=O)C(=O)Nc1nc2ccccc2s1. The Kier molecular flexibility index (Phi) is 5.09. The lowest BCUT2D eigenvalue weighted by Crippen LogP contribution is -2.32. The molecule has 0 spiro atoms. The highest BCUT2D eigenvalue weighted by molar-refractivity contribution is 7.22. The third kappa shape index (κ3) is 3.78. The molecular weight excluding hydrogens is 356 g/mol. The molecule has 3 aromatic rings. The summed E-state index contributed by atoms with van der Waals surface area (Å²) in [6.45, 7) is 0. The molecule has 0 aliphatic carbocycles. The number of phenolic OH excluding ortho intramolecular Hbond substituents is 1. The fourth-order valence-electron chi connectivity index (χ4n) is 2.16.